The summed E-state index contributed by atoms with van der Waals surface area (Å²) >= 11 is 1.18. The van der Waals surface area contributed by atoms with Gasteiger partial charge in [0.15, 0.2) is 5.13 Å². The minimum Gasteiger partial charge on any atom is -0.457 e. The molecule has 0 aliphatic carbocycles. The third-order valence-corrected chi connectivity index (χ3v) is 5.64. The first kappa shape index (κ1) is 18.4. The lowest BCUT2D eigenvalue weighted by molar-refractivity contribution is -0.116. The van der Waals surface area contributed by atoms with Crippen molar-refractivity contribution in [1.82, 2.24) is 4.98 Å². The van der Waals surface area contributed by atoms with Crippen LogP contribution in [0.15, 0.2) is 72.1 Å². The highest BCUT2D eigenvalue weighted by molar-refractivity contribution is 7.14. The Morgan fingerprint density at radius 1 is 0.967 bits per heavy atom. The summed E-state index contributed by atoms with van der Waals surface area (Å²) in [6, 6.07) is 18.1. The molecule has 1 aliphatic heterocycles. The predicted octanol–water partition coefficient (Wildman–Crippen LogP) is 5.96. The van der Waals surface area contributed by atoms with Crippen LogP contribution >= 0.6 is 11.3 Å². The van der Waals surface area contributed by atoms with Crippen LogP contribution in [0, 0.1) is 11.6 Å². The number of para-hydroxylation sites is 2. The van der Waals surface area contributed by atoms with Gasteiger partial charge in [-0.15, -0.1) is 11.3 Å². The highest BCUT2D eigenvalue weighted by Crippen LogP contribution is 2.44. The summed E-state index contributed by atoms with van der Waals surface area (Å²) in [5, 5.41) is 4.79. The first-order chi connectivity index (χ1) is 14.6. The molecule has 4 aromatic rings. The van der Waals surface area contributed by atoms with Crippen molar-refractivity contribution in [3.8, 4) is 22.8 Å². The molecule has 0 bridgehead atoms. The number of anilines is 1. The maximum Gasteiger partial charge on any atom is 0.238 e. The Hall–Kier alpha value is -3.58. The van der Waals surface area contributed by atoms with Gasteiger partial charge in [0.25, 0.3) is 0 Å². The third-order valence-electron chi connectivity index (χ3n) is 4.88. The van der Waals surface area contributed by atoms with Crippen LogP contribution in [0.25, 0.3) is 11.3 Å². The topological polar surface area (TPSA) is 51.2 Å². The zero-order valence-electron chi connectivity index (χ0n) is 15.4. The van der Waals surface area contributed by atoms with Crippen molar-refractivity contribution in [2.45, 2.75) is 5.92 Å². The molecule has 3 aromatic carbocycles. The second-order valence-corrected chi connectivity index (χ2v) is 7.62. The number of halogens is 2. The Labute approximate surface area is 174 Å². The van der Waals surface area contributed by atoms with Gasteiger partial charge >= 0.3 is 0 Å². The monoisotopic (exact) mass is 420 g/mol. The summed E-state index contributed by atoms with van der Waals surface area (Å²) < 4.78 is 33.1. The standard InChI is InChI=1S/C23H14F2N2O2S/c24-13-9-10-14(17(25)11-13)18-12-30-23(26-18)27-22(28)21-15-5-1-3-7-19(15)29-20-8-4-2-6-16(20)21/h1-12,21H,(H,26,27,28). The number of thiazole rings is 1. The van der Waals surface area contributed by atoms with Gasteiger partial charge in [0.1, 0.15) is 23.1 Å². The van der Waals surface area contributed by atoms with Crippen molar-refractivity contribution in [1.29, 1.82) is 0 Å². The quantitative estimate of drug-likeness (QED) is 0.445. The average Bonchev–Trinajstić information content (AvgIpc) is 3.19. The highest BCUT2D eigenvalue weighted by Gasteiger charge is 2.32. The number of carbonyl (C=O) groups is 1. The fraction of sp³-hybridized carbons (Fsp3) is 0.0435. The van der Waals surface area contributed by atoms with Gasteiger partial charge < -0.3 is 10.1 Å². The van der Waals surface area contributed by atoms with Crippen molar-refractivity contribution in [2.24, 2.45) is 0 Å². The van der Waals surface area contributed by atoms with Crippen LogP contribution in [-0.2, 0) is 4.79 Å². The van der Waals surface area contributed by atoms with Crippen LogP contribution in [0.2, 0.25) is 0 Å². The summed E-state index contributed by atoms with van der Waals surface area (Å²) in [6.07, 6.45) is 0. The van der Waals surface area contributed by atoms with Crippen LogP contribution in [0.1, 0.15) is 17.0 Å². The zero-order valence-corrected chi connectivity index (χ0v) is 16.2. The van der Waals surface area contributed by atoms with Crippen molar-refractivity contribution >= 4 is 22.4 Å². The molecular formula is C23H14F2N2O2S. The van der Waals surface area contributed by atoms with E-state index >= 15 is 0 Å². The summed E-state index contributed by atoms with van der Waals surface area (Å²) in [4.78, 5) is 17.5. The number of nitrogens with zero attached hydrogens (tertiary/aromatic N) is 1. The van der Waals surface area contributed by atoms with Crippen molar-refractivity contribution < 1.29 is 18.3 Å². The van der Waals surface area contributed by atoms with Gasteiger partial charge in [0.2, 0.25) is 5.91 Å². The number of hydrogen-bond acceptors (Lipinski definition) is 4. The minimum atomic E-state index is -0.703. The smallest absolute Gasteiger partial charge is 0.238 e. The molecule has 0 radical (unpaired) electrons. The summed E-state index contributed by atoms with van der Waals surface area (Å²) in [7, 11) is 0. The maximum atomic E-state index is 14.1. The lowest BCUT2D eigenvalue weighted by Crippen LogP contribution is -2.25. The van der Waals surface area contributed by atoms with E-state index in [2.05, 4.69) is 10.3 Å². The van der Waals surface area contributed by atoms with Crippen molar-refractivity contribution in [3.05, 3.63) is 94.9 Å². The number of ether oxygens (including phenoxy) is 1. The minimum absolute atomic E-state index is 0.176. The number of rotatable bonds is 3. The molecule has 0 atom stereocenters. The van der Waals surface area contributed by atoms with E-state index in [1.54, 1.807) is 5.38 Å². The Bertz CT molecular complexity index is 1230. The van der Waals surface area contributed by atoms with E-state index in [0.717, 1.165) is 17.2 Å². The third kappa shape index (κ3) is 3.23. The second-order valence-electron chi connectivity index (χ2n) is 6.76. The fourth-order valence-electron chi connectivity index (χ4n) is 3.52. The molecule has 0 unspecified atom stereocenters. The molecule has 0 saturated heterocycles. The molecule has 148 valence electrons. The molecule has 4 nitrogen and oxygen atoms in total. The second kappa shape index (κ2) is 7.35. The molecule has 0 saturated carbocycles. The number of benzene rings is 3. The van der Waals surface area contributed by atoms with Gasteiger partial charge in [-0.05, 0) is 24.3 Å². The Morgan fingerprint density at radius 2 is 1.63 bits per heavy atom. The molecule has 0 fully saturated rings. The molecule has 0 spiro atoms. The first-order valence-corrected chi connectivity index (χ1v) is 10.1. The summed E-state index contributed by atoms with van der Waals surface area (Å²) in [6.45, 7) is 0. The van der Waals surface area contributed by atoms with Crippen LogP contribution in [0.5, 0.6) is 11.5 Å². The van der Waals surface area contributed by atoms with Crippen molar-refractivity contribution in [3.63, 3.8) is 0 Å². The molecule has 2 heterocycles. The largest absolute Gasteiger partial charge is 0.457 e. The van der Waals surface area contributed by atoms with Gasteiger partial charge in [-0.3, -0.25) is 4.79 Å². The fourth-order valence-corrected chi connectivity index (χ4v) is 4.24. The molecule has 5 rings (SSSR count). The van der Waals surface area contributed by atoms with E-state index in [1.165, 1.54) is 23.5 Å². The number of carbonyl (C=O) groups excluding carboxylic acids is 1. The van der Waals surface area contributed by atoms with Gasteiger partial charge in [-0.2, -0.15) is 0 Å². The normalized spacial score (nSPS) is 12.6. The lowest BCUT2D eigenvalue weighted by Gasteiger charge is -2.27. The Balaban J connectivity index is 1.46. The van der Waals surface area contributed by atoms with E-state index in [1.807, 2.05) is 48.5 Å². The van der Waals surface area contributed by atoms with Gasteiger partial charge in [-0.25, -0.2) is 13.8 Å². The van der Waals surface area contributed by atoms with Gasteiger partial charge in [0.05, 0.1) is 11.6 Å². The number of amides is 1. The predicted molar refractivity (Wildman–Crippen MR) is 111 cm³/mol. The molecule has 1 aromatic heterocycles. The first-order valence-electron chi connectivity index (χ1n) is 9.17. The van der Waals surface area contributed by atoms with Gasteiger partial charge in [-0.1, -0.05) is 36.4 Å². The number of hydrogen-bond donors (Lipinski definition) is 1. The molecule has 7 heteroatoms. The van der Waals surface area contributed by atoms with E-state index in [4.69, 9.17) is 4.74 Å². The van der Waals surface area contributed by atoms with E-state index in [0.29, 0.717) is 22.3 Å². The Morgan fingerprint density at radius 3 is 2.30 bits per heavy atom. The number of nitrogens with one attached hydrogen (secondary N) is 1. The molecule has 1 aliphatic rings. The molecule has 1 amide bonds. The average molecular weight is 420 g/mol. The van der Waals surface area contributed by atoms with E-state index in [9.17, 15) is 13.6 Å². The van der Waals surface area contributed by atoms with Crippen molar-refractivity contribution in [2.75, 3.05) is 5.32 Å². The maximum absolute atomic E-state index is 14.1. The zero-order chi connectivity index (χ0) is 20.7. The SMILES string of the molecule is O=C(Nc1nc(-c2ccc(F)cc2F)cs1)C1c2ccccc2Oc2ccccc21. The summed E-state index contributed by atoms with van der Waals surface area (Å²) in [5.41, 5.74) is 2.03. The molecular weight excluding hydrogens is 406 g/mol. The van der Waals surface area contributed by atoms with E-state index in [-0.39, 0.29) is 11.5 Å². The van der Waals surface area contributed by atoms with Crippen LogP contribution in [0.3, 0.4) is 0 Å². The Kier molecular flexibility index (Phi) is 4.52. The van der Waals surface area contributed by atoms with Crippen LogP contribution in [0.4, 0.5) is 13.9 Å². The number of fused-ring (bicyclic) bond motifs is 2. The highest BCUT2D eigenvalue weighted by atomic mass is 32.1. The summed E-state index contributed by atoms with van der Waals surface area (Å²) in [5.74, 6) is -0.934. The number of aromatic nitrogens is 1. The van der Waals surface area contributed by atoms with Crippen LogP contribution < -0.4 is 10.1 Å². The lowest BCUT2D eigenvalue weighted by atomic mass is 9.87. The van der Waals surface area contributed by atoms with Gasteiger partial charge in [0, 0.05) is 28.1 Å². The molecule has 1 N–H and O–H groups in total. The van der Waals surface area contributed by atoms with Crippen LogP contribution in [-0.4, -0.2) is 10.9 Å². The molecule has 30 heavy (non-hydrogen) atoms. The van der Waals surface area contributed by atoms with E-state index < -0.39 is 17.6 Å².